The van der Waals surface area contributed by atoms with Crippen molar-refractivity contribution in [3.05, 3.63) is 53.0 Å². The van der Waals surface area contributed by atoms with Crippen LogP contribution in [0.15, 0.2) is 30.5 Å². The van der Waals surface area contributed by atoms with Gasteiger partial charge in [-0.25, -0.2) is 9.78 Å². The summed E-state index contributed by atoms with van der Waals surface area (Å²) in [6, 6.07) is 6.76. The summed E-state index contributed by atoms with van der Waals surface area (Å²) < 4.78 is 5.08. The molecule has 0 aliphatic carbocycles. The molecule has 1 saturated heterocycles. The molecule has 10 nitrogen and oxygen atoms in total. The first-order valence-corrected chi connectivity index (χ1v) is 11.1. The molecule has 4 heterocycles. The van der Waals surface area contributed by atoms with Crippen molar-refractivity contribution in [1.82, 2.24) is 19.8 Å². The molecule has 2 aromatic heterocycles. The van der Waals surface area contributed by atoms with Crippen LogP contribution in [0, 0.1) is 10.8 Å². The SMILES string of the molecule is CCOC(=O)N1CCc2cnc(C(=O)Nc3cccc(C(=N)N4CCCCC4=N)n3)cc2C1.[HH]. The number of amides is 2. The van der Waals surface area contributed by atoms with Crippen molar-refractivity contribution in [2.75, 3.05) is 25.0 Å². The van der Waals surface area contributed by atoms with Gasteiger partial charge >= 0.3 is 6.09 Å². The van der Waals surface area contributed by atoms with Gasteiger partial charge in [0, 0.05) is 33.7 Å². The van der Waals surface area contributed by atoms with E-state index in [0.29, 0.717) is 56.4 Å². The monoisotopic (exact) mass is 451 g/mol. The quantitative estimate of drug-likeness (QED) is 0.482. The Morgan fingerprint density at radius 3 is 2.82 bits per heavy atom. The molecule has 2 amide bonds. The second-order valence-electron chi connectivity index (χ2n) is 7.97. The second kappa shape index (κ2) is 9.76. The maximum Gasteiger partial charge on any atom is 0.410 e. The van der Waals surface area contributed by atoms with Gasteiger partial charge in [0.15, 0.2) is 5.84 Å². The van der Waals surface area contributed by atoms with Crippen LogP contribution < -0.4 is 5.32 Å². The fourth-order valence-electron chi connectivity index (χ4n) is 3.97. The predicted octanol–water partition coefficient (Wildman–Crippen LogP) is 3.28. The average molecular weight is 452 g/mol. The lowest BCUT2D eigenvalue weighted by Crippen LogP contribution is -2.40. The van der Waals surface area contributed by atoms with Crippen molar-refractivity contribution in [2.45, 2.75) is 39.2 Å². The number of aromatic nitrogens is 2. The van der Waals surface area contributed by atoms with Crippen LogP contribution in [-0.2, 0) is 17.7 Å². The Morgan fingerprint density at radius 2 is 2.03 bits per heavy atom. The van der Waals surface area contributed by atoms with E-state index < -0.39 is 5.91 Å². The lowest BCUT2D eigenvalue weighted by Gasteiger charge is -2.29. The van der Waals surface area contributed by atoms with Crippen LogP contribution in [0.4, 0.5) is 10.6 Å². The standard InChI is InChI=1S/C23H27N7O3.H2/c1-2-33-23(32)29-11-9-15-13-26-18(12-16(15)14-29)22(31)28-20-8-5-6-17(27-20)21(25)30-10-4-3-7-19(30)24;/h5-6,8,12-13,24-25H,2-4,7,9-11,14H2,1H3,(H,27,28,31);1H. The number of amidine groups is 2. The number of carbonyl (C=O) groups excluding carboxylic acids is 2. The highest BCUT2D eigenvalue weighted by Crippen LogP contribution is 2.20. The van der Waals surface area contributed by atoms with Crippen LogP contribution in [0.3, 0.4) is 0 Å². The van der Waals surface area contributed by atoms with Crippen molar-refractivity contribution in [2.24, 2.45) is 0 Å². The highest BCUT2D eigenvalue weighted by Gasteiger charge is 2.24. The number of carbonyl (C=O) groups is 2. The lowest BCUT2D eigenvalue weighted by molar-refractivity contribution is 0.102. The van der Waals surface area contributed by atoms with Gasteiger partial charge in [0.05, 0.1) is 6.61 Å². The maximum absolute atomic E-state index is 12.8. The van der Waals surface area contributed by atoms with Gasteiger partial charge in [0.25, 0.3) is 5.91 Å². The van der Waals surface area contributed by atoms with Gasteiger partial charge in [0.2, 0.25) is 0 Å². The first-order chi connectivity index (χ1) is 16.0. The molecule has 0 bridgehead atoms. The molecule has 0 saturated carbocycles. The first-order valence-electron chi connectivity index (χ1n) is 11.1. The van der Waals surface area contributed by atoms with Gasteiger partial charge < -0.3 is 19.9 Å². The highest BCUT2D eigenvalue weighted by molar-refractivity contribution is 6.07. The van der Waals surface area contributed by atoms with Crippen molar-refractivity contribution in [3.8, 4) is 0 Å². The van der Waals surface area contributed by atoms with E-state index in [9.17, 15) is 9.59 Å². The van der Waals surface area contributed by atoms with E-state index in [-0.39, 0.29) is 19.0 Å². The summed E-state index contributed by atoms with van der Waals surface area (Å²) >= 11 is 0. The number of rotatable bonds is 4. The molecular weight excluding hydrogens is 422 g/mol. The molecule has 3 N–H and O–H groups in total. The maximum atomic E-state index is 12.8. The van der Waals surface area contributed by atoms with Gasteiger partial charge in [-0.1, -0.05) is 6.07 Å². The first kappa shape index (κ1) is 22.4. The largest absolute Gasteiger partial charge is 0.450 e. The highest BCUT2D eigenvalue weighted by atomic mass is 16.6. The van der Waals surface area contributed by atoms with Gasteiger partial charge in [-0.3, -0.25) is 20.6 Å². The van der Waals surface area contributed by atoms with Crippen molar-refractivity contribution in [3.63, 3.8) is 0 Å². The molecule has 2 aromatic rings. The van der Waals surface area contributed by atoms with E-state index in [1.54, 1.807) is 47.2 Å². The number of piperidine rings is 1. The molecule has 174 valence electrons. The van der Waals surface area contributed by atoms with Crippen LogP contribution in [0.1, 0.15) is 54.9 Å². The zero-order valence-corrected chi connectivity index (χ0v) is 18.6. The summed E-state index contributed by atoms with van der Waals surface area (Å²) in [7, 11) is 0. The van der Waals surface area contributed by atoms with Crippen LogP contribution in [0.25, 0.3) is 0 Å². The predicted molar refractivity (Wildman–Crippen MR) is 125 cm³/mol. The summed E-state index contributed by atoms with van der Waals surface area (Å²) in [6.45, 7) is 3.62. The number of hydrogen-bond acceptors (Lipinski definition) is 7. The van der Waals surface area contributed by atoms with Crippen LogP contribution >= 0.6 is 0 Å². The van der Waals surface area contributed by atoms with Crippen LogP contribution in [0.5, 0.6) is 0 Å². The molecule has 2 aliphatic rings. The zero-order chi connectivity index (χ0) is 23.4. The molecule has 1 fully saturated rings. The number of fused-ring (bicyclic) bond motifs is 1. The normalized spacial score (nSPS) is 15.6. The molecule has 0 atom stereocenters. The average Bonchev–Trinajstić information content (AvgIpc) is 2.83. The summed E-state index contributed by atoms with van der Waals surface area (Å²) in [5, 5.41) is 19.3. The number of anilines is 1. The number of hydrogen-bond donors (Lipinski definition) is 3. The Hall–Kier alpha value is -3.82. The summed E-state index contributed by atoms with van der Waals surface area (Å²) in [5.41, 5.74) is 2.48. The zero-order valence-electron chi connectivity index (χ0n) is 18.6. The van der Waals surface area contributed by atoms with Crippen molar-refractivity contribution in [1.29, 1.82) is 10.8 Å². The van der Waals surface area contributed by atoms with Crippen LogP contribution in [0.2, 0.25) is 0 Å². The van der Waals surface area contributed by atoms with E-state index >= 15 is 0 Å². The smallest absolute Gasteiger partial charge is 0.410 e. The number of nitrogens with one attached hydrogen (secondary N) is 3. The minimum absolute atomic E-state index is 0. The number of nitrogens with zero attached hydrogens (tertiary/aromatic N) is 4. The number of likely N-dealkylation sites (tertiary alicyclic amines) is 1. The fourth-order valence-corrected chi connectivity index (χ4v) is 3.97. The minimum atomic E-state index is -0.423. The van der Waals surface area contributed by atoms with Gasteiger partial charge in [0.1, 0.15) is 23.0 Å². The van der Waals surface area contributed by atoms with E-state index in [1.165, 1.54) is 0 Å². The molecule has 33 heavy (non-hydrogen) atoms. The van der Waals surface area contributed by atoms with Gasteiger partial charge in [-0.05, 0) is 55.5 Å². The lowest BCUT2D eigenvalue weighted by atomic mass is 10.0. The Morgan fingerprint density at radius 1 is 1.18 bits per heavy atom. The van der Waals surface area contributed by atoms with Crippen molar-refractivity contribution < 1.29 is 15.8 Å². The third-order valence-corrected chi connectivity index (χ3v) is 5.73. The van der Waals surface area contributed by atoms with E-state index in [2.05, 4.69) is 15.3 Å². The summed E-state index contributed by atoms with van der Waals surface area (Å²) in [6.07, 6.45) is 4.50. The molecule has 10 heteroatoms. The third kappa shape index (κ3) is 5.00. The molecular formula is C23H29N7O3. The minimum Gasteiger partial charge on any atom is -0.450 e. The molecule has 2 aliphatic heterocycles. The van der Waals surface area contributed by atoms with Gasteiger partial charge in [-0.15, -0.1) is 0 Å². The molecule has 0 unspecified atom stereocenters. The van der Waals surface area contributed by atoms with Gasteiger partial charge in [-0.2, -0.15) is 0 Å². The Kier molecular flexibility index (Phi) is 6.62. The van der Waals surface area contributed by atoms with Crippen molar-refractivity contribution >= 4 is 29.5 Å². The summed E-state index contributed by atoms with van der Waals surface area (Å²) in [5.74, 6) is 0.450. The number of pyridine rings is 2. The molecule has 4 rings (SSSR count). The fraction of sp³-hybridized carbons (Fsp3) is 0.391. The summed E-state index contributed by atoms with van der Waals surface area (Å²) in [4.78, 5) is 36.8. The topological polar surface area (TPSA) is 135 Å². The third-order valence-electron chi connectivity index (χ3n) is 5.73. The Balaban J connectivity index is 0.00000324. The Labute approximate surface area is 193 Å². The molecule has 0 spiro atoms. The molecule has 0 radical (unpaired) electrons. The number of ether oxygens (including phenoxy) is 1. The second-order valence-corrected chi connectivity index (χ2v) is 7.97. The van der Waals surface area contributed by atoms with E-state index in [4.69, 9.17) is 15.6 Å². The molecule has 0 aromatic carbocycles. The Bertz CT molecular complexity index is 1110. The van der Waals surface area contributed by atoms with E-state index in [1.807, 2.05) is 0 Å². The van der Waals surface area contributed by atoms with E-state index in [0.717, 1.165) is 24.0 Å². The van der Waals surface area contributed by atoms with Crippen LogP contribution in [-0.4, -0.2) is 63.1 Å².